The fourth-order valence-electron chi connectivity index (χ4n) is 3.71. The molecule has 2 aromatic carbocycles. The van der Waals surface area contributed by atoms with Gasteiger partial charge in [0, 0.05) is 18.2 Å². The van der Waals surface area contributed by atoms with Crippen LogP contribution in [0.3, 0.4) is 0 Å². The van der Waals surface area contributed by atoms with Crippen molar-refractivity contribution in [2.75, 3.05) is 11.3 Å². The Morgan fingerprint density at radius 1 is 1.21 bits per heavy atom. The van der Waals surface area contributed by atoms with Gasteiger partial charge in [-0.25, -0.2) is 13.4 Å². The molecule has 1 saturated heterocycles. The minimum absolute atomic E-state index is 0.0206. The van der Waals surface area contributed by atoms with Gasteiger partial charge in [-0.3, -0.25) is 9.71 Å². The van der Waals surface area contributed by atoms with E-state index in [4.69, 9.17) is 4.74 Å². The molecule has 148 valence electrons. The first-order valence-electron chi connectivity index (χ1n) is 9.49. The molecule has 1 unspecified atom stereocenters. The molecule has 1 aliphatic heterocycles. The van der Waals surface area contributed by atoms with E-state index in [0.29, 0.717) is 11.2 Å². The number of imidazole rings is 1. The molecule has 7 nitrogen and oxygen atoms in total. The minimum Gasteiger partial charge on any atom is -0.370 e. The van der Waals surface area contributed by atoms with Crippen LogP contribution in [0.25, 0.3) is 21.9 Å². The Hall–Kier alpha value is -2.97. The van der Waals surface area contributed by atoms with E-state index in [9.17, 15) is 8.42 Å². The van der Waals surface area contributed by atoms with E-state index in [0.717, 1.165) is 47.3 Å². The number of hydrogen-bond acceptors (Lipinski definition) is 5. The molecule has 0 saturated carbocycles. The number of nitrogens with one attached hydrogen (secondary N) is 2. The summed E-state index contributed by atoms with van der Waals surface area (Å²) < 4.78 is 34.4. The van der Waals surface area contributed by atoms with Crippen molar-refractivity contribution >= 4 is 37.6 Å². The van der Waals surface area contributed by atoms with Crippen LogP contribution < -0.4 is 4.72 Å². The van der Waals surface area contributed by atoms with Crippen LogP contribution in [-0.2, 0) is 14.8 Å². The summed E-state index contributed by atoms with van der Waals surface area (Å²) in [6.07, 6.45) is 3.61. The summed E-state index contributed by atoms with van der Waals surface area (Å²) in [7, 11) is -3.80. The third-order valence-electron chi connectivity index (χ3n) is 5.09. The Bertz CT molecular complexity index is 1320. The monoisotopic (exact) mass is 408 g/mol. The van der Waals surface area contributed by atoms with Crippen LogP contribution in [0.4, 0.5) is 5.69 Å². The van der Waals surface area contributed by atoms with Crippen LogP contribution in [0.5, 0.6) is 0 Å². The number of sulfonamides is 1. The highest BCUT2D eigenvalue weighted by atomic mass is 32.2. The summed E-state index contributed by atoms with van der Waals surface area (Å²) in [4.78, 5) is 12.3. The Balaban J connectivity index is 1.49. The first-order valence-corrected chi connectivity index (χ1v) is 11.0. The van der Waals surface area contributed by atoms with Gasteiger partial charge >= 0.3 is 0 Å². The van der Waals surface area contributed by atoms with E-state index in [2.05, 4.69) is 19.7 Å². The summed E-state index contributed by atoms with van der Waals surface area (Å²) >= 11 is 0. The van der Waals surface area contributed by atoms with E-state index < -0.39 is 10.0 Å². The average molecular weight is 408 g/mol. The van der Waals surface area contributed by atoms with Gasteiger partial charge in [-0.05, 0) is 55.7 Å². The highest BCUT2D eigenvalue weighted by molar-refractivity contribution is 7.93. The SMILES string of the molecule is Cc1cnc2c(S(=O)(=O)Nc3ccc4nc(C5CCCO5)[nH]c4c3)cccc2c1. The molecule has 4 aromatic rings. The fourth-order valence-corrected chi connectivity index (χ4v) is 4.94. The predicted molar refractivity (Wildman–Crippen MR) is 111 cm³/mol. The van der Waals surface area contributed by atoms with E-state index in [1.54, 1.807) is 36.5 Å². The first-order chi connectivity index (χ1) is 14.0. The van der Waals surface area contributed by atoms with Crippen molar-refractivity contribution in [1.82, 2.24) is 15.0 Å². The number of hydrogen-bond donors (Lipinski definition) is 2. The van der Waals surface area contributed by atoms with Crippen LogP contribution in [-0.4, -0.2) is 30.0 Å². The van der Waals surface area contributed by atoms with E-state index in [1.165, 1.54) is 0 Å². The van der Waals surface area contributed by atoms with Gasteiger partial charge in [0.25, 0.3) is 10.0 Å². The van der Waals surface area contributed by atoms with Crippen molar-refractivity contribution in [2.45, 2.75) is 30.8 Å². The molecule has 1 fully saturated rings. The average Bonchev–Trinajstić information content (AvgIpc) is 3.36. The van der Waals surface area contributed by atoms with Crippen molar-refractivity contribution in [3.05, 3.63) is 60.0 Å². The highest BCUT2D eigenvalue weighted by Crippen LogP contribution is 2.29. The van der Waals surface area contributed by atoms with Gasteiger partial charge in [0.05, 0.1) is 22.2 Å². The molecule has 5 rings (SSSR count). The van der Waals surface area contributed by atoms with E-state index >= 15 is 0 Å². The molecule has 0 aliphatic carbocycles. The summed E-state index contributed by atoms with van der Waals surface area (Å²) in [5.74, 6) is 0.783. The zero-order valence-electron chi connectivity index (χ0n) is 15.8. The van der Waals surface area contributed by atoms with Gasteiger partial charge in [0.15, 0.2) is 0 Å². The summed E-state index contributed by atoms with van der Waals surface area (Å²) in [5.41, 5.74) is 3.44. The van der Waals surface area contributed by atoms with E-state index in [1.807, 2.05) is 19.1 Å². The lowest BCUT2D eigenvalue weighted by Crippen LogP contribution is -2.13. The summed E-state index contributed by atoms with van der Waals surface area (Å²) in [6.45, 7) is 2.67. The van der Waals surface area contributed by atoms with Crippen LogP contribution >= 0.6 is 0 Å². The second-order valence-electron chi connectivity index (χ2n) is 7.30. The van der Waals surface area contributed by atoms with Gasteiger partial charge < -0.3 is 9.72 Å². The zero-order chi connectivity index (χ0) is 20.0. The second kappa shape index (κ2) is 6.82. The number of ether oxygens (including phenoxy) is 1. The molecule has 0 amide bonds. The topological polar surface area (TPSA) is 97.0 Å². The van der Waals surface area contributed by atoms with Crippen molar-refractivity contribution in [3.63, 3.8) is 0 Å². The number of rotatable bonds is 4. The Labute approximate surface area is 168 Å². The highest BCUT2D eigenvalue weighted by Gasteiger charge is 2.22. The number of aryl methyl sites for hydroxylation is 1. The first kappa shape index (κ1) is 18.1. The Morgan fingerprint density at radius 3 is 2.93 bits per heavy atom. The molecule has 8 heteroatoms. The molecular weight excluding hydrogens is 388 g/mol. The number of fused-ring (bicyclic) bond motifs is 2. The largest absolute Gasteiger partial charge is 0.370 e. The van der Waals surface area contributed by atoms with Gasteiger partial charge in [-0.2, -0.15) is 0 Å². The summed E-state index contributed by atoms with van der Waals surface area (Å²) in [6, 6.07) is 12.3. The quantitative estimate of drug-likeness (QED) is 0.530. The van der Waals surface area contributed by atoms with Crippen molar-refractivity contribution in [3.8, 4) is 0 Å². The van der Waals surface area contributed by atoms with Gasteiger partial charge in [0.1, 0.15) is 16.8 Å². The lowest BCUT2D eigenvalue weighted by atomic mass is 10.2. The number of para-hydroxylation sites is 1. The molecule has 0 radical (unpaired) electrons. The maximum atomic E-state index is 13.1. The smallest absolute Gasteiger partial charge is 0.264 e. The zero-order valence-corrected chi connectivity index (χ0v) is 16.7. The lowest BCUT2D eigenvalue weighted by Gasteiger charge is -2.10. The maximum Gasteiger partial charge on any atom is 0.264 e. The van der Waals surface area contributed by atoms with Crippen molar-refractivity contribution in [2.24, 2.45) is 0 Å². The fraction of sp³-hybridized carbons (Fsp3) is 0.238. The minimum atomic E-state index is -3.80. The number of H-pyrrole nitrogens is 1. The van der Waals surface area contributed by atoms with Crippen LogP contribution in [0.15, 0.2) is 53.6 Å². The molecule has 2 N–H and O–H groups in total. The normalized spacial score (nSPS) is 17.2. The van der Waals surface area contributed by atoms with Crippen molar-refractivity contribution in [1.29, 1.82) is 0 Å². The molecular formula is C21H20N4O3S. The molecule has 0 spiro atoms. The number of benzene rings is 2. The predicted octanol–water partition coefficient (Wildman–Crippen LogP) is 4.07. The Kier molecular flexibility index (Phi) is 4.25. The van der Waals surface area contributed by atoms with Crippen LogP contribution in [0.2, 0.25) is 0 Å². The number of nitrogens with zero attached hydrogens (tertiary/aromatic N) is 2. The standard InChI is InChI=1S/C21H20N4O3S/c1-13-10-14-4-2-6-19(20(14)22-12-13)29(26,27)25-15-7-8-16-17(11-15)24-21(23-16)18-5-3-9-28-18/h2,4,6-8,10-12,18,25H,3,5,9H2,1H3,(H,23,24). The molecule has 2 aromatic heterocycles. The third kappa shape index (κ3) is 3.34. The maximum absolute atomic E-state index is 13.1. The number of anilines is 1. The van der Waals surface area contributed by atoms with Gasteiger partial charge in [0.2, 0.25) is 0 Å². The molecule has 1 aliphatic rings. The second-order valence-corrected chi connectivity index (χ2v) is 8.95. The number of pyridine rings is 1. The van der Waals surface area contributed by atoms with Gasteiger partial charge in [-0.15, -0.1) is 0 Å². The lowest BCUT2D eigenvalue weighted by molar-refractivity contribution is 0.106. The summed E-state index contributed by atoms with van der Waals surface area (Å²) in [5, 5.41) is 0.790. The molecule has 0 bridgehead atoms. The third-order valence-corrected chi connectivity index (χ3v) is 6.50. The molecule has 3 heterocycles. The number of aromatic amines is 1. The van der Waals surface area contributed by atoms with E-state index in [-0.39, 0.29) is 11.0 Å². The van der Waals surface area contributed by atoms with Crippen LogP contribution in [0.1, 0.15) is 30.3 Å². The molecule has 29 heavy (non-hydrogen) atoms. The molecule has 1 atom stereocenters. The number of aromatic nitrogens is 3. The Morgan fingerprint density at radius 2 is 2.10 bits per heavy atom. The van der Waals surface area contributed by atoms with Crippen LogP contribution in [0, 0.1) is 6.92 Å². The van der Waals surface area contributed by atoms with Crippen molar-refractivity contribution < 1.29 is 13.2 Å². The van der Waals surface area contributed by atoms with Gasteiger partial charge in [-0.1, -0.05) is 12.1 Å².